The lowest BCUT2D eigenvalue weighted by Gasteiger charge is -2.17. The van der Waals surface area contributed by atoms with Gasteiger partial charge in [0.1, 0.15) is 0 Å². The Hall–Kier alpha value is -4.30. The van der Waals surface area contributed by atoms with Crippen LogP contribution in [0.5, 0.6) is 0 Å². The van der Waals surface area contributed by atoms with Gasteiger partial charge in [0.2, 0.25) is 0 Å². The van der Waals surface area contributed by atoms with Gasteiger partial charge in [0, 0.05) is 32.9 Å². The van der Waals surface area contributed by atoms with E-state index >= 15 is 0 Å². The van der Waals surface area contributed by atoms with Crippen LogP contribution in [0.2, 0.25) is 0 Å². The summed E-state index contributed by atoms with van der Waals surface area (Å²) in [5, 5.41) is 5.27. The predicted molar refractivity (Wildman–Crippen MR) is 164 cm³/mol. The number of hydrogen-bond acceptors (Lipinski definition) is 0. The van der Waals surface area contributed by atoms with Gasteiger partial charge >= 0.3 is 0 Å². The molecular weight excluding hydrogens is 460 g/mol. The zero-order valence-corrected chi connectivity index (χ0v) is 23.0. The standard InChI is InChI=1S/C36H32N2/c1-21-7-11-31-27(15-21)28-16-22(2)8-12-32(28)37(31)35-19-26(6)36(20-25(35)5)38-33-13-9-23(3)17-29(33)30-18-24(4)10-14-34(30)38/h7-20H,1-6H3. The minimum absolute atomic E-state index is 1.24. The van der Waals surface area contributed by atoms with E-state index in [1.807, 2.05) is 0 Å². The Morgan fingerprint density at radius 3 is 0.868 bits per heavy atom. The Labute approximate surface area is 223 Å². The van der Waals surface area contributed by atoms with Gasteiger partial charge in [0.15, 0.2) is 0 Å². The molecule has 0 saturated heterocycles. The Bertz CT molecular complexity index is 1810. The number of nitrogens with zero attached hydrogens (tertiary/aromatic N) is 2. The van der Waals surface area contributed by atoms with E-state index in [0.717, 1.165) is 0 Å². The first kappa shape index (κ1) is 22.9. The number of rotatable bonds is 2. The molecule has 0 fully saturated rings. The molecule has 2 heteroatoms. The van der Waals surface area contributed by atoms with Crippen LogP contribution in [-0.2, 0) is 0 Å². The second kappa shape index (κ2) is 8.10. The molecule has 0 spiro atoms. The van der Waals surface area contributed by atoms with Crippen molar-refractivity contribution in [3.63, 3.8) is 0 Å². The molecular formula is C36H32N2. The fourth-order valence-corrected chi connectivity index (χ4v) is 6.29. The lowest BCUT2D eigenvalue weighted by atomic mass is 10.1. The van der Waals surface area contributed by atoms with Crippen molar-refractivity contribution in [3.05, 3.63) is 118 Å². The monoisotopic (exact) mass is 492 g/mol. The molecule has 0 unspecified atom stereocenters. The smallest absolute Gasteiger partial charge is 0.0541 e. The topological polar surface area (TPSA) is 9.86 Å². The zero-order chi connectivity index (χ0) is 26.3. The van der Waals surface area contributed by atoms with Crippen molar-refractivity contribution in [2.75, 3.05) is 0 Å². The lowest BCUT2D eigenvalue weighted by molar-refractivity contribution is 1.09. The molecule has 0 bridgehead atoms. The molecule has 7 aromatic rings. The SMILES string of the molecule is Cc1ccc2c(c1)c1cc(C)ccc1n2-c1cc(C)c(-n2c3ccc(C)cc3c3cc(C)ccc32)cc1C. The third-order valence-electron chi connectivity index (χ3n) is 8.15. The first-order valence-corrected chi connectivity index (χ1v) is 13.4. The van der Waals surface area contributed by atoms with Gasteiger partial charge in [-0.2, -0.15) is 0 Å². The molecule has 0 radical (unpaired) electrons. The van der Waals surface area contributed by atoms with Crippen LogP contribution in [0.25, 0.3) is 55.0 Å². The van der Waals surface area contributed by atoms with E-state index in [2.05, 4.69) is 136 Å². The lowest BCUT2D eigenvalue weighted by Crippen LogP contribution is -2.03. The molecule has 38 heavy (non-hydrogen) atoms. The van der Waals surface area contributed by atoms with Gasteiger partial charge in [-0.3, -0.25) is 0 Å². The van der Waals surface area contributed by atoms with Crippen LogP contribution < -0.4 is 0 Å². The molecule has 0 amide bonds. The number of benzene rings is 5. The van der Waals surface area contributed by atoms with Gasteiger partial charge < -0.3 is 9.13 Å². The van der Waals surface area contributed by atoms with Crippen LogP contribution in [0.1, 0.15) is 33.4 Å². The fraction of sp³-hybridized carbons (Fsp3) is 0.167. The summed E-state index contributed by atoms with van der Waals surface area (Å²) in [4.78, 5) is 0. The van der Waals surface area contributed by atoms with Crippen molar-refractivity contribution in [1.82, 2.24) is 9.13 Å². The summed E-state index contributed by atoms with van der Waals surface area (Å²) in [6.07, 6.45) is 0. The summed E-state index contributed by atoms with van der Waals surface area (Å²) in [7, 11) is 0. The van der Waals surface area contributed by atoms with Gasteiger partial charge in [0.05, 0.1) is 22.1 Å². The van der Waals surface area contributed by atoms with Crippen LogP contribution in [0.3, 0.4) is 0 Å². The maximum atomic E-state index is 2.45. The number of aromatic nitrogens is 2. The molecule has 186 valence electrons. The zero-order valence-electron chi connectivity index (χ0n) is 23.0. The summed E-state index contributed by atoms with van der Waals surface area (Å²) in [6.45, 7) is 13.2. The molecule has 0 aliphatic heterocycles. The highest BCUT2D eigenvalue weighted by Crippen LogP contribution is 2.38. The third kappa shape index (κ3) is 3.26. The predicted octanol–water partition coefficient (Wildman–Crippen LogP) is 9.73. The highest BCUT2D eigenvalue weighted by atomic mass is 15.0. The first-order valence-electron chi connectivity index (χ1n) is 13.4. The maximum Gasteiger partial charge on any atom is 0.0541 e. The average molecular weight is 493 g/mol. The molecule has 0 saturated carbocycles. The van der Waals surface area contributed by atoms with Crippen LogP contribution in [-0.4, -0.2) is 9.13 Å². The number of hydrogen-bond donors (Lipinski definition) is 0. The number of fused-ring (bicyclic) bond motifs is 6. The Kier molecular flexibility index (Phi) is 4.87. The van der Waals surface area contributed by atoms with E-state index in [1.54, 1.807) is 0 Å². The highest BCUT2D eigenvalue weighted by molar-refractivity contribution is 6.11. The average Bonchev–Trinajstić information content (AvgIpc) is 3.36. The third-order valence-corrected chi connectivity index (χ3v) is 8.15. The highest BCUT2D eigenvalue weighted by Gasteiger charge is 2.18. The van der Waals surface area contributed by atoms with Crippen LogP contribution >= 0.6 is 0 Å². The van der Waals surface area contributed by atoms with Gasteiger partial charge in [0.25, 0.3) is 0 Å². The van der Waals surface area contributed by atoms with Crippen molar-refractivity contribution >= 4 is 43.6 Å². The maximum absolute atomic E-state index is 2.45. The fourth-order valence-electron chi connectivity index (χ4n) is 6.29. The van der Waals surface area contributed by atoms with Crippen molar-refractivity contribution in [2.24, 2.45) is 0 Å². The molecule has 0 aliphatic rings. The summed E-state index contributed by atoms with van der Waals surface area (Å²) < 4.78 is 4.91. The quantitative estimate of drug-likeness (QED) is 0.227. The normalized spacial score (nSPS) is 11.9. The molecule has 2 nitrogen and oxygen atoms in total. The molecule has 0 atom stereocenters. The number of aryl methyl sites for hydroxylation is 6. The van der Waals surface area contributed by atoms with E-state index in [4.69, 9.17) is 0 Å². The van der Waals surface area contributed by atoms with Gasteiger partial charge in [-0.1, -0.05) is 46.5 Å². The van der Waals surface area contributed by atoms with Gasteiger partial charge in [-0.15, -0.1) is 0 Å². The largest absolute Gasteiger partial charge is 0.309 e. The minimum atomic E-state index is 1.24. The second-order valence-corrected chi connectivity index (χ2v) is 11.2. The van der Waals surface area contributed by atoms with E-state index in [1.165, 1.54) is 88.4 Å². The van der Waals surface area contributed by atoms with Crippen LogP contribution in [0, 0.1) is 41.5 Å². The molecule has 7 rings (SSSR count). The second-order valence-electron chi connectivity index (χ2n) is 11.2. The van der Waals surface area contributed by atoms with Gasteiger partial charge in [-0.25, -0.2) is 0 Å². The van der Waals surface area contributed by atoms with E-state index in [-0.39, 0.29) is 0 Å². The van der Waals surface area contributed by atoms with Crippen molar-refractivity contribution in [3.8, 4) is 11.4 Å². The Morgan fingerprint density at radius 1 is 0.342 bits per heavy atom. The Balaban J connectivity index is 1.53. The van der Waals surface area contributed by atoms with Crippen LogP contribution in [0.15, 0.2) is 84.9 Å². The summed E-state index contributed by atoms with van der Waals surface area (Å²) in [5.74, 6) is 0. The summed E-state index contributed by atoms with van der Waals surface area (Å²) in [6, 6.07) is 32.1. The van der Waals surface area contributed by atoms with E-state index in [0.29, 0.717) is 0 Å². The molecule has 2 aromatic heterocycles. The van der Waals surface area contributed by atoms with E-state index < -0.39 is 0 Å². The molecule has 2 heterocycles. The van der Waals surface area contributed by atoms with Crippen molar-refractivity contribution in [2.45, 2.75) is 41.5 Å². The summed E-state index contributed by atoms with van der Waals surface area (Å²) in [5.41, 5.74) is 15.2. The first-order chi connectivity index (χ1) is 18.3. The Morgan fingerprint density at radius 2 is 0.605 bits per heavy atom. The molecule has 0 aliphatic carbocycles. The van der Waals surface area contributed by atoms with Crippen LogP contribution in [0.4, 0.5) is 0 Å². The molecule has 5 aromatic carbocycles. The van der Waals surface area contributed by atoms with Crippen molar-refractivity contribution in [1.29, 1.82) is 0 Å². The van der Waals surface area contributed by atoms with E-state index in [9.17, 15) is 0 Å². The van der Waals surface area contributed by atoms with Crippen molar-refractivity contribution < 1.29 is 0 Å². The summed E-state index contributed by atoms with van der Waals surface area (Å²) >= 11 is 0. The molecule has 0 N–H and O–H groups in total. The minimum Gasteiger partial charge on any atom is -0.309 e. The van der Waals surface area contributed by atoms with Gasteiger partial charge in [-0.05, 0) is 113 Å².